The van der Waals surface area contributed by atoms with Crippen molar-refractivity contribution in [2.45, 2.75) is 12.1 Å². The van der Waals surface area contributed by atoms with Crippen LogP contribution in [0.1, 0.15) is 5.56 Å². The van der Waals surface area contributed by atoms with E-state index in [1.807, 2.05) is 49.4 Å². The molecule has 2 aromatic carbocycles. The van der Waals surface area contributed by atoms with Crippen molar-refractivity contribution < 1.29 is 4.79 Å². The molecule has 3 rings (SSSR count). The molecule has 0 unspecified atom stereocenters. The summed E-state index contributed by atoms with van der Waals surface area (Å²) in [5.74, 6) is 0.168. The van der Waals surface area contributed by atoms with E-state index in [1.54, 1.807) is 25.1 Å². The Hall–Kier alpha value is -2.60. The zero-order valence-corrected chi connectivity index (χ0v) is 15.2. The molecular weight excluding hydrogens is 334 g/mol. The number of thioether (sulfide) groups is 1. The first-order valence-corrected chi connectivity index (χ1v) is 8.87. The van der Waals surface area contributed by atoms with Gasteiger partial charge in [-0.25, -0.2) is 4.98 Å². The van der Waals surface area contributed by atoms with Gasteiger partial charge in [-0.05, 0) is 36.8 Å². The van der Waals surface area contributed by atoms with Crippen molar-refractivity contribution in [1.29, 1.82) is 0 Å². The second-order valence-electron chi connectivity index (χ2n) is 5.86. The number of para-hydroxylation sites is 1. The van der Waals surface area contributed by atoms with Crippen LogP contribution in [0.5, 0.6) is 0 Å². The van der Waals surface area contributed by atoms with E-state index in [2.05, 4.69) is 4.98 Å². The Morgan fingerprint density at radius 3 is 2.72 bits per heavy atom. The predicted molar refractivity (Wildman–Crippen MR) is 102 cm³/mol. The molecule has 0 N–H and O–H groups in total. The number of hydrogen-bond acceptors (Lipinski definition) is 4. The fourth-order valence-corrected chi connectivity index (χ4v) is 3.42. The summed E-state index contributed by atoms with van der Waals surface area (Å²) in [6.45, 7) is 1.99. The van der Waals surface area contributed by atoms with Crippen LogP contribution >= 0.6 is 11.8 Å². The molecule has 0 aliphatic carbocycles. The molecule has 1 heterocycles. The normalized spacial score (nSPS) is 10.8. The molecule has 0 fully saturated rings. The predicted octanol–water partition coefficient (Wildman–Crippen LogP) is 3.00. The zero-order valence-electron chi connectivity index (χ0n) is 14.4. The summed E-state index contributed by atoms with van der Waals surface area (Å²) in [5.41, 5.74) is 2.49. The van der Waals surface area contributed by atoms with Crippen molar-refractivity contribution in [1.82, 2.24) is 9.55 Å². The van der Waals surface area contributed by atoms with Crippen molar-refractivity contribution in [3.63, 3.8) is 0 Å². The molecular formula is C19H19N3O2S. The highest BCUT2D eigenvalue weighted by Crippen LogP contribution is 2.20. The van der Waals surface area contributed by atoms with Gasteiger partial charge in [0.25, 0.3) is 5.56 Å². The molecule has 0 saturated carbocycles. The van der Waals surface area contributed by atoms with Gasteiger partial charge in [-0.3, -0.25) is 14.2 Å². The molecule has 0 radical (unpaired) electrons. The second-order valence-corrected chi connectivity index (χ2v) is 6.80. The number of anilines is 1. The molecule has 1 amide bonds. The Kier molecular flexibility index (Phi) is 4.90. The van der Waals surface area contributed by atoms with E-state index >= 15 is 0 Å². The molecule has 0 saturated heterocycles. The van der Waals surface area contributed by atoms with E-state index in [-0.39, 0.29) is 17.2 Å². The van der Waals surface area contributed by atoms with Gasteiger partial charge in [0.05, 0.1) is 16.7 Å². The minimum absolute atomic E-state index is 0.0435. The maximum atomic E-state index is 12.5. The third kappa shape index (κ3) is 3.58. The largest absolute Gasteiger partial charge is 0.315 e. The Labute approximate surface area is 150 Å². The molecule has 0 aliphatic heterocycles. The van der Waals surface area contributed by atoms with Gasteiger partial charge >= 0.3 is 0 Å². The smallest absolute Gasteiger partial charge is 0.261 e. The van der Waals surface area contributed by atoms with E-state index < -0.39 is 0 Å². The number of amides is 1. The fraction of sp³-hybridized carbons (Fsp3) is 0.211. The third-order valence-electron chi connectivity index (χ3n) is 4.03. The average Bonchev–Trinajstić information content (AvgIpc) is 2.62. The fourth-order valence-electron chi connectivity index (χ4n) is 2.53. The minimum atomic E-state index is -0.104. The number of fused-ring (bicyclic) bond motifs is 1. The van der Waals surface area contributed by atoms with Gasteiger partial charge in [-0.15, -0.1) is 0 Å². The quantitative estimate of drug-likeness (QED) is 0.534. The van der Waals surface area contributed by atoms with Crippen LogP contribution in [0.25, 0.3) is 10.9 Å². The molecule has 0 aliphatic rings. The summed E-state index contributed by atoms with van der Waals surface area (Å²) < 4.78 is 1.49. The summed E-state index contributed by atoms with van der Waals surface area (Å²) in [4.78, 5) is 31.0. The van der Waals surface area contributed by atoms with Crippen LogP contribution in [0.2, 0.25) is 0 Å². The van der Waals surface area contributed by atoms with E-state index in [0.29, 0.717) is 16.1 Å². The van der Waals surface area contributed by atoms with Crippen LogP contribution in [-0.2, 0) is 11.8 Å². The van der Waals surface area contributed by atoms with Gasteiger partial charge in [0.2, 0.25) is 5.91 Å². The number of hydrogen-bond donors (Lipinski definition) is 0. The Morgan fingerprint density at radius 1 is 1.20 bits per heavy atom. The van der Waals surface area contributed by atoms with Gasteiger partial charge in [-0.2, -0.15) is 0 Å². The molecule has 128 valence electrons. The van der Waals surface area contributed by atoms with Crippen molar-refractivity contribution >= 4 is 34.3 Å². The first kappa shape index (κ1) is 17.2. The lowest BCUT2D eigenvalue weighted by Gasteiger charge is -2.18. The van der Waals surface area contributed by atoms with Gasteiger partial charge in [0, 0.05) is 19.8 Å². The average molecular weight is 353 g/mol. The molecule has 0 atom stereocenters. The molecule has 0 spiro atoms. The topological polar surface area (TPSA) is 55.2 Å². The Balaban J connectivity index is 1.79. The van der Waals surface area contributed by atoms with Crippen LogP contribution in [0.15, 0.2) is 58.5 Å². The van der Waals surface area contributed by atoms with Crippen LogP contribution in [0.4, 0.5) is 5.69 Å². The highest BCUT2D eigenvalue weighted by Gasteiger charge is 2.14. The summed E-state index contributed by atoms with van der Waals surface area (Å²) in [7, 11) is 3.43. The Morgan fingerprint density at radius 2 is 1.96 bits per heavy atom. The van der Waals surface area contributed by atoms with Gasteiger partial charge in [-0.1, -0.05) is 36.0 Å². The first-order valence-electron chi connectivity index (χ1n) is 7.89. The van der Waals surface area contributed by atoms with Crippen molar-refractivity contribution in [3.05, 3.63) is 64.4 Å². The van der Waals surface area contributed by atoms with E-state index in [0.717, 1.165) is 11.3 Å². The second kappa shape index (κ2) is 7.11. The van der Waals surface area contributed by atoms with Crippen LogP contribution in [-0.4, -0.2) is 28.3 Å². The number of benzene rings is 2. The summed E-state index contributed by atoms with van der Waals surface area (Å²) in [6, 6.07) is 15.0. The zero-order chi connectivity index (χ0) is 18.0. The van der Waals surface area contributed by atoms with E-state index in [1.165, 1.54) is 16.3 Å². The lowest BCUT2D eigenvalue weighted by molar-refractivity contribution is -0.115. The van der Waals surface area contributed by atoms with Crippen LogP contribution in [0.3, 0.4) is 0 Å². The number of aryl methyl sites for hydroxylation is 1. The monoisotopic (exact) mass is 353 g/mol. The van der Waals surface area contributed by atoms with Crippen LogP contribution in [0, 0.1) is 6.92 Å². The molecule has 25 heavy (non-hydrogen) atoms. The molecule has 1 aromatic heterocycles. The molecule has 0 bridgehead atoms. The molecule has 5 nitrogen and oxygen atoms in total. The van der Waals surface area contributed by atoms with Crippen molar-refractivity contribution in [2.75, 3.05) is 17.7 Å². The number of rotatable bonds is 4. The Bertz CT molecular complexity index is 997. The number of aromatic nitrogens is 2. The van der Waals surface area contributed by atoms with E-state index in [9.17, 15) is 9.59 Å². The SMILES string of the molecule is Cc1cccc(N(C)C(=O)CSc2nc3ccccc3c(=O)n2C)c1. The number of carbonyl (C=O) groups is 1. The van der Waals surface area contributed by atoms with Crippen molar-refractivity contribution in [3.8, 4) is 0 Å². The number of nitrogens with zero attached hydrogens (tertiary/aromatic N) is 3. The van der Waals surface area contributed by atoms with E-state index in [4.69, 9.17) is 0 Å². The first-order chi connectivity index (χ1) is 12.0. The maximum Gasteiger partial charge on any atom is 0.261 e. The standard InChI is InChI=1S/C19H19N3O2S/c1-13-7-6-8-14(11-13)21(2)17(23)12-25-19-20-16-10-5-4-9-15(16)18(24)22(19)3/h4-11H,12H2,1-3H3. The van der Waals surface area contributed by atoms with Gasteiger partial charge in [0.15, 0.2) is 5.16 Å². The minimum Gasteiger partial charge on any atom is -0.315 e. The van der Waals surface area contributed by atoms with Gasteiger partial charge < -0.3 is 4.90 Å². The summed E-state index contributed by atoms with van der Waals surface area (Å²) in [6.07, 6.45) is 0. The van der Waals surface area contributed by atoms with Crippen LogP contribution < -0.4 is 10.5 Å². The number of carbonyl (C=O) groups excluding carboxylic acids is 1. The lowest BCUT2D eigenvalue weighted by Crippen LogP contribution is -2.28. The van der Waals surface area contributed by atoms with Crippen molar-refractivity contribution in [2.24, 2.45) is 7.05 Å². The maximum absolute atomic E-state index is 12.5. The summed E-state index contributed by atoms with van der Waals surface area (Å²) in [5, 5.41) is 1.12. The molecule has 3 aromatic rings. The lowest BCUT2D eigenvalue weighted by atomic mass is 10.2. The highest BCUT2D eigenvalue weighted by molar-refractivity contribution is 7.99. The van der Waals surface area contributed by atoms with Gasteiger partial charge in [0.1, 0.15) is 0 Å². The third-order valence-corrected chi connectivity index (χ3v) is 5.04. The molecule has 6 heteroatoms. The highest BCUT2D eigenvalue weighted by atomic mass is 32.2. The summed E-state index contributed by atoms with van der Waals surface area (Å²) >= 11 is 1.27.